The van der Waals surface area contributed by atoms with E-state index in [0.717, 1.165) is 57.5 Å². The molecule has 0 amide bonds. The summed E-state index contributed by atoms with van der Waals surface area (Å²) in [6.07, 6.45) is 6.50. The lowest BCUT2D eigenvalue weighted by molar-refractivity contribution is -0.136. The van der Waals surface area contributed by atoms with Crippen LogP contribution in [-0.4, -0.2) is 109 Å². The molecule has 1 unspecified atom stereocenters. The first-order chi connectivity index (χ1) is 23.0. The molecule has 1 aromatic carbocycles. The van der Waals surface area contributed by atoms with Crippen molar-refractivity contribution in [2.24, 2.45) is 0 Å². The van der Waals surface area contributed by atoms with Crippen LogP contribution in [-0.2, 0) is 25.7 Å². The van der Waals surface area contributed by atoms with E-state index in [2.05, 4.69) is 32.2 Å². The molecule has 2 aromatic rings. The van der Waals surface area contributed by atoms with E-state index in [4.69, 9.17) is 0 Å². The normalized spacial score (nSPS) is 19.4. The van der Waals surface area contributed by atoms with Gasteiger partial charge in [-0.1, -0.05) is 30.3 Å². The van der Waals surface area contributed by atoms with E-state index in [0.29, 0.717) is 33.4 Å². The first-order valence-electron chi connectivity index (χ1n) is 15.2. The zero-order valence-electron chi connectivity index (χ0n) is 26.4. The van der Waals surface area contributed by atoms with Gasteiger partial charge in [0.2, 0.25) is 0 Å². The number of thioether (sulfide) groups is 2. The highest BCUT2D eigenvalue weighted by Gasteiger charge is 2.48. The van der Waals surface area contributed by atoms with Crippen molar-refractivity contribution < 1.29 is 39.6 Å². The molecule has 1 aromatic heterocycles. The van der Waals surface area contributed by atoms with E-state index >= 15 is 0 Å². The number of aliphatic carboxylic acids is 4. The molecular weight excluding hydrogens is 657 g/mol. The molecule has 0 spiro atoms. The fourth-order valence-corrected chi connectivity index (χ4v) is 7.99. The smallest absolute Gasteiger partial charge is 0.336 e. The molecule has 12 nitrogen and oxygen atoms in total. The van der Waals surface area contributed by atoms with Crippen molar-refractivity contribution in [1.82, 2.24) is 20.1 Å². The maximum absolute atomic E-state index is 12.8. The zero-order chi connectivity index (χ0) is 34.7. The Morgan fingerprint density at radius 3 is 2.12 bits per heavy atom. The van der Waals surface area contributed by atoms with Crippen LogP contribution in [0, 0.1) is 0 Å². The summed E-state index contributed by atoms with van der Waals surface area (Å²) in [7, 11) is 0. The molecule has 5 N–H and O–H groups in total. The van der Waals surface area contributed by atoms with Gasteiger partial charge in [0.05, 0.1) is 11.1 Å². The Bertz CT molecular complexity index is 1620. The molecule has 4 rings (SSSR count). The predicted molar refractivity (Wildman–Crippen MR) is 184 cm³/mol. The van der Waals surface area contributed by atoms with Crippen molar-refractivity contribution >= 4 is 47.4 Å². The second-order valence-electron chi connectivity index (χ2n) is 11.3. The number of hydrogen-bond donors (Lipinski definition) is 5. The van der Waals surface area contributed by atoms with Gasteiger partial charge in [0.1, 0.15) is 5.54 Å². The minimum Gasteiger partial charge on any atom is -0.478 e. The fraction of sp³-hybridized carbons (Fsp3) is 0.324. The quantitative estimate of drug-likeness (QED) is 0.0973. The van der Waals surface area contributed by atoms with Crippen molar-refractivity contribution in [2.45, 2.75) is 30.3 Å². The minimum atomic E-state index is -1.94. The van der Waals surface area contributed by atoms with Gasteiger partial charge in [-0.2, -0.15) is 0 Å². The van der Waals surface area contributed by atoms with Crippen molar-refractivity contribution in [2.75, 3.05) is 44.2 Å². The number of nitrogens with zero attached hydrogens (tertiary/aromatic N) is 3. The molecule has 3 heterocycles. The van der Waals surface area contributed by atoms with Crippen LogP contribution < -0.4 is 5.32 Å². The Balaban J connectivity index is 1.63. The standard InChI is InChI=1S/C34H38N4O8S2/c1-23-18-28(47-17-5-12-37-13-15-38(16-14-37)21-24-6-3-2-4-7-24)31(26(32(43)44)19-29(39)40)34(36-23,27(33(45)46)20-30(41)42)22-48-25-8-10-35-11-9-25/h2-4,6-11,18-20,36H,5,12-17,21-22H2,1H3,(H,39,40)(H,41,42)(H,43,44)(H,45,46). The largest absolute Gasteiger partial charge is 0.478 e. The van der Waals surface area contributed by atoms with Crippen molar-refractivity contribution in [3.63, 3.8) is 0 Å². The highest BCUT2D eigenvalue weighted by Crippen LogP contribution is 2.44. The first kappa shape index (κ1) is 36.5. The second-order valence-corrected chi connectivity index (χ2v) is 13.5. The van der Waals surface area contributed by atoms with E-state index in [9.17, 15) is 39.6 Å². The molecule has 1 saturated heterocycles. The zero-order valence-corrected chi connectivity index (χ0v) is 28.0. The molecule has 1 fully saturated rings. The number of allylic oxidation sites excluding steroid dienone is 2. The molecule has 14 heteroatoms. The van der Waals surface area contributed by atoms with Crippen LogP contribution in [0.15, 0.2) is 105 Å². The number of hydrogen-bond acceptors (Lipinski definition) is 10. The minimum absolute atomic E-state index is 0.126. The predicted octanol–water partition coefficient (Wildman–Crippen LogP) is 3.81. The third-order valence-electron chi connectivity index (χ3n) is 7.85. The molecular formula is C34H38N4O8S2. The van der Waals surface area contributed by atoms with Crippen molar-refractivity contribution in [1.29, 1.82) is 0 Å². The molecule has 1 atom stereocenters. The summed E-state index contributed by atoms with van der Waals surface area (Å²) in [5.41, 5.74) is -1.61. The lowest BCUT2D eigenvalue weighted by atomic mass is 9.77. The summed E-state index contributed by atoms with van der Waals surface area (Å²) in [6, 6.07) is 13.7. The average molecular weight is 695 g/mol. The Kier molecular flexibility index (Phi) is 13.0. The third kappa shape index (κ3) is 9.83. The number of rotatable bonds is 16. The number of benzene rings is 1. The number of carboxylic acid groups (broad SMARTS) is 4. The number of carbonyl (C=O) groups is 4. The molecule has 48 heavy (non-hydrogen) atoms. The van der Waals surface area contributed by atoms with Gasteiger partial charge < -0.3 is 30.6 Å². The molecule has 254 valence electrons. The summed E-state index contributed by atoms with van der Waals surface area (Å²) in [5, 5.41) is 43.1. The van der Waals surface area contributed by atoms with Crippen LogP contribution in [0.2, 0.25) is 0 Å². The Morgan fingerprint density at radius 2 is 1.52 bits per heavy atom. The Labute approximate surface area is 286 Å². The summed E-state index contributed by atoms with van der Waals surface area (Å²) in [5.74, 6) is -5.94. The number of carboxylic acids is 4. The molecule has 0 saturated carbocycles. The topological polar surface area (TPSA) is 181 Å². The maximum Gasteiger partial charge on any atom is 0.336 e. The molecule has 0 bridgehead atoms. The number of aromatic nitrogens is 1. The van der Waals surface area contributed by atoms with Crippen molar-refractivity contribution in [3.05, 3.63) is 106 Å². The fourth-order valence-electron chi connectivity index (χ4n) is 5.74. The summed E-state index contributed by atoms with van der Waals surface area (Å²) in [6.45, 7) is 7.00. The lowest BCUT2D eigenvalue weighted by Gasteiger charge is -2.42. The van der Waals surface area contributed by atoms with Crippen LogP contribution >= 0.6 is 23.5 Å². The van der Waals surface area contributed by atoms with E-state index in [1.165, 1.54) is 29.7 Å². The van der Waals surface area contributed by atoms with Gasteiger partial charge in [0, 0.05) is 84.1 Å². The van der Waals surface area contributed by atoms with Gasteiger partial charge in [-0.05, 0) is 49.4 Å². The van der Waals surface area contributed by atoms with E-state index in [-0.39, 0.29) is 11.3 Å². The molecule has 0 aliphatic carbocycles. The monoisotopic (exact) mass is 694 g/mol. The van der Waals surface area contributed by atoms with Crippen LogP contribution in [0.3, 0.4) is 0 Å². The highest BCUT2D eigenvalue weighted by atomic mass is 32.2. The van der Waals surface area contributed by atoms with Gasteiger partial charge >= 0.3 is 23.9 Å². The molecule has 2 aliphatic heterocycles. The first-order valence-corrected chi connectivity index (χ1v) is 17.2. The van der Waals surface area contributed by atoms with Gasteiger partial charge in [-0.15, -0.1) is 23.5 Å². The van der Waals surface area contributed by atoms with Gasteiger partial charge in [0.15, 0.2) is 0 Å². The SMILES string of the molecule is CC1=CC(SCCCN2CCN(Cc3ccccc3)CC2)=C(C(=CC(=O)O)C(=O)O)C(CSc2ccncc2)(C(=CC(=O)O)C(=O)O)N1. The average Bonchev–Trinajstić information content (AvgIpc) is 3.05. The maximum atomic E-state index is 12.8. The van der Waals surface area contributed by atoms with E-state index in [1.807, 2.05) is 18.2 Å². The Morgan fingerprint density at radius 1 is 0.875 bits per heavy atom. The molecule has 2 aliphatic rings. The van der Waals surface area contributed by atoms with Crippen LogP contribution in [0.25, 0.3) is 0 Å². The number of pyridine rings is 1. The summed E-state index contributed by atoms with van der Waals surface area (Å²) in [4.78, 5) is 59.1. The third-order valence-corrected chi connectivity index (χ3v) is 10.2. The van der Waals surface area contributed by atoms with Gasteiger partial charge in [-0.25, -0.2) is 19.2 Å². The molecule has 0 radical (unpaired) electrons. The lowest BCUT2D eigenvalue weighted by Crippen LogP contribution is -2.55. The Hall–Kier alpha value is -4.37. The highest BCUT2D eigenvalue weighted by molar-refractivity contribution is 8.03. The van der Waals surface area contributed by atoms with Crippen molar-refractivity contribution in [3.8, 4) is 0 Å². The summed E-state index contributed by atoms with van der Waals surface area (Å²) >= 11 is 2.44. The van der Waals surface area contributed by atoms with Crippen LogP contribution in [0.5, 0.6) is 0 Å². The number of piperazine rings is 1. The van der Waals surface area contributed by atoms with E-state index in [1.54, 1.807) is 25.1 Å². The van der Waals surface area contributed by atoms with E-state index < -0.39 is 40.6 Å². The van der Waals surface area contributed by atoms with Crippen LogP contribution in [0.4, 0.5) is 0 Å². The van der Waals surface area contributed by atoms with Gasteiger partial charge in [0.25, 0.3) is 0 Å². The summed E-state index contributed by atoms with van der Waals surface area (Å²) < 4.78 is 0. The second kappa shape index (κ2) is 17.2. The number of dihydropyridines is 1. The number of nitrogens with one attached hydrogen (secondary N) is 1. The van der Waals surface area contributed by atoms with Crippen LogP contribution in [0.1, 0.15) is 18.9 Å². The van der Waals surface area contributed by atoms with Gasteiger partial charge in [-0.3, -0.25) is 9.88 Å².